The average Bonchev–Trinajstić information content (AvgIpc) is 2.54. The van der Waals surface area contributed by atoms with Crippen LogP contribution in [0.25, 0.3) is 0 Å². The van der Waals surface area contributed by atoms with E-state index in [1.807, 2.05) is 0 Å². The summed E-state index contributed by atoms with van der Waals surface area (Å²) in [7, 11) is 0. The van der Waals surface area contributed by atoms with Gasteiger partial charge in [0.15, 0.2) is 0 Å². The molecule has 0 spiro atoms. The molecule has 0 atom stereocenters. The van der Waals surface area contributed by atoms with Crippen LogP contribution in [0.5, 0.6) is 0 Å². The number of fused-ring (bicyclic) bond motifs is 1. The zero-order valence-corrected chi connectivity index (χ0v) is 10.0. The Bertz CT molecular complexity index is 554. The predicted molar refractivity (Wildman–Crippen MR) is 66.2 cm³/mol. The maximum atomic E-state index is 11.8. The minimum absolute atomic E-state index is 0.415. The summed E-state index contributed by atoms with van der Waals surface area (Å²) in [6.07, 6.45) is 0.543. The largest absolute Gasteiger partial charge is 0.304 e. The molecule has 0 aromatic heterocycles. The van der Waals surface area contributed by atoms with Gasteiger partial charge < -0.3 is 4.90 Å². The normalized spacial score (nSPS) is 13.4. The molecular weight excluding hydrogens is 238 g/mol. The molecule has 0 N–H and O–H groups in total. The number of hydrogen-bond donors (Lipinski definition) is 0. The van der Waals surface area contributed by atoms with Crippen LogP contribution < -0.4 is 4.90 Å². The van der Waals surface area contributed by atoms with E-state index in [2.05, 4.69) is 11.8 Å². The molecule has 86 valence electrons. The first-order valence-corrected chi connectivity index (χ1v) is 5.58. The minimum atomic E-state index is -0.500. The van der Waals surface area contributed by atoms with Gasteiger partial charge in [0, 0.05) is 18.0 Å². The number of benzene rings is 1. The number of hydrogen-bond acceptors (Lipinski definition) is 2. The molecule has 1 amide bonds. The van der Waals surface area contributed by atoms with Crippen LogP contribution in [-0.2, 0) is 4.79 Å². The Morgan fingerprint density at radius 1 is 1.35 bits per heavy atom. The first-order valence-electron chi connectivity index (χ1n) is 5.20. The molecule has 2 rings (SSSR count). The fraction of sp³-hybridized carbons (Fsp3) is 0.231. The Labute approximate surface area is 104 Å². The molecule has 0 radical (unpaired) electrons. The van der Waals surface area contributed by atoms with Crippen molar-refractivity contribution in [3.05, 3.63) is 28.8 Å². The molecule has 1 aromatic carbocycles. The topological polar surface area (TPSA) is 37.4 Å². The Kier molecular flexibility index (Phi) is 3.16. The Morgan fingerprint density at radius 3 is 2.82 bits per heavy atom. The monoisotopic (exact) mass is 247 g/mol. The molecule has 1 aliphatic rings. The summed E-state index contributed by atoms with van der Waals surface area (Å²) < 4.78 is 0. The fourth-order valence-electron chi connectivity index (χ4n) is 1.78. The van der Waals surface area contributed by atoms with E-state index in [1.165, 1.54) is 4.90 Å². The molecule has 1 aliphatic heterocycles. The summed E-state index contributed by atoms with van der Waals surface area (Å²) in [5.74, 6) is 4.65. The zero-order chi connectivity index (χ0) is 12.4. The van der Waals surface area contributed by atoms with Crippen molar-refractivity contribution in [2.24, 2.45) is 0 Å². The minimum Gasteiger partial charge on any atom is -0.304 e. The van der Waals surface area contributed by atoms with Crippen molar-refractivity contribution in [3.8, 4) is 11.8 Å². The van der Waals surface area contributed by atoms with Gasteiger partial charge in [-0.1, -0.05) is 11.6 Å². The van der Waals surface area contributed by atoms with E-state index in [1.54, 1.807) is 25.1 Å². The van der Waals surface area contributed by atoms with Crippen molar-refractivity contribution in [2.45, 2.75) is 13.3 Å². The number of rotatable bonds is 2. The third-order valence-corrected chi connectivity index (χ3v) is 2.81. The van der Waals surface area contributed by atoms with Gasteiger partial charge in [-0.25, -0.2) is 0 Å². The van der Waals surface area contributed by atoms with E-state index < -0.39 is 11.7 Å². The predicted octanol–water partition coefficient (Wildman–Crippen LogP) is 2.28. The molecule has 0 saturated carbocycles. The first kappa shape index (κ1) is 11.7. The van der Waals surface area contributed by atoms with Crippen LogP contribution in [0.3, 0.4) is 0 Å². The number of halogens is 1. The van der Waals surface area contributed by atoms with Crippen molar-refractivity contribution in [1.82, 2.24) is 0 Å². The van der Waals surface area contributed by atoms with Crippen molar-refractivity contribution in [3.63, 3.8) is 0 Å². The summed E-state index contributed by atoms with van der Waals surface area (Å²) in [6.45, 7) is 2.15. The third kappa shape index (κ3) is 2.04. The molecule has 0 unspecified atom stereocenters. The van der Waals surface area contributed by atoms with Crippen LogP contribution in [0.4, 0.5) is 5.69 Å². The van der Waals surface area contributed by atoms with Crippen molar-refractivity contribution in [1.29, 1.82) is 0 Å². The second kappa shape index (κ2) is 4.60. The SMILES string of the molecule is CC#CCCN1C(=O)C(=O)c2ccc(Cl)cc21. The lowest BCUT2D eigenvalue weighted by Crippen LogP contribution is -2.30. The Hall–Kier alpha value is -1.79. The van der Waals surface area contributed by atoms with Crippen molar-refractivity contribution >= 4 is 29.0 Å². The van der Waals surface area contributed by atoms with E-state index in [9.17, 15) is 9.59 Å². The summed E-state index contributed by atoms with van der Waals surface area (Å²) in [5, 5.41) is 0.512. The number of carbonyl (C=O) groups excluding carboxylic acids is 2. The molecule has 4 heteroatoms. The number of anilines is 1. The van der Waals surface area contributed by atoms with E-state index in [0.29, 0.717) is 29.2 Å². The second-order valence-electron chi connectivity index (χ2n) is 3.62. The third-order valence-electron chi connectivity index (χ3n) is 2.57. The highest BCUT2D eigenvalue weighted by atomic mass is 35.5. The molecule has 1 heterocycles. The van der Waals surface area contributed by atoms with Gasteiger partial charge in [-0.2, -0.15) is 0 Å². The first-order chi connectivity index (χ1) is 8.15. The molecule has 1 aromatic rings. The lowest BCUT2D eigenvalue weighted by molar-refractivity contribution is -0.114. The molecule has 3 nitrogen and oxygen atoms in total. The maximum absolute atomic E-state index is 11.8. The van der Waals surface area contributed by atoms with Gasteiger partial charge in [0.1, 0.15) is 0 Å². The quantitative estimate of drug-likeness (QED) is 0.594. The van der Waals surface area contributed by atoms with E-state index in [-0.39, 0.29) is 0 Å². The van der Waals surface area contributed by atoms with Crippen LogP contribution in [-0.4, -0.2) is 18.2 Å². The van der Waals surface area contributed by atoms with Gasteiger partial charge in [-0.05, 0) is 25.1 Å². The number of ketones is 1. The van der Waals surface area contributed by atoms with E-state index in [4.69, 9.17) is 11.6 Å². The van der Waals surface area contributed by atoms with Crippen LogP contribution in [0, 0.1) is 11.8 Å². The summed E-state index contributed by atoms with van der Waals surface area (Å²) in [5.41, 5.74) is 1.01. The number of amides is 1. The van der Waals surface area contributed by atoms with Gasteiger partial charge in [0.05, 0.1) is 11.3 Å². The molecule has 0 bridgehead atoms. The van der Waals surface area contributed by atoms with Crippen molar-refractivity contribution < 1.29 is 9.59 Å². The van der Waals surface area contributed by atoms with Gasteiger partial charge >= 0.3 is 0 Å². The van der Waals surface area contributed by atoms with Gasteiger partial charge in [0.2, 0.25) is 0 Å². The molecule has 0 saturated heterocycles. The van der Waals surface area contributed by atoms with Crippen molar-refractivity contribution in [2.75, 3.05) is 11.4 Å². The van der Waals surface area contributed by atoms with Crippen LogP contribution in [0.1, 0.15) is 23.7 Å². The zero-order valence-electron chi connectivity index (χ0n) is 9.29. The number of Topliss-reactive ketones (excluding diaryl/α,β-unsaturated/α-hetero) is 1. The molecule has 0 fully saturated rings. The molecular formula is C13H10ClNO2. The van der Waals surface area contributed by atoms with Gasteiger partial charge in [-0.15, -0.1) is 11.8 Å². The number of carbonyl (C=O) groups is 2. The average molecular weight is 248 g/mol. The standard InChI is InChI=1S/C13H10ClNO2/c1-2-3-4-7-15-11-8-9(14)5-6-10(11)12(16)13(15)17/h5-6,8H,4,7H2,1H3. The summed E-state index contributed by atoms with van der Waals surface area (Å²) in [6, 6.07) is 4.84. The lowest BCUT2D eigenvalue weighted by Gasteiger charge is -2.14. The van der Waals surface area contributed by atoms with E-state index >= 15 is 0 Å². The second-order valence-corrected chi connectivity index (χ2v) is 4.06. The van der Waals surface area contributed by atoms with Crippen LogP contribution in [0.15, 0.2) is 18.2 Å². The lowest BCUT2D eigenvalue weighted by atomic mass is 10.1. The van der Waals surface area contributed by atoms with E-state index in [0.717, 1.165) is 0 Å². The Balaban J connectivity index is 2.34. The summed E-state index contributed by atoms with van der Waals surface area (Å²) in [4.78, 5) is 24.9. The maximum Gasteiger partial charge on any atom is 0.299 e. The summed E-state index contributed by atoms with van der Waals surface area (Å²) >= 11 is 5.87. The highest BCUT2D eigenvalue weighted by Crippen LogP contribution is 2.31. The molecule has 0 aliphatic carbocycles. The highest BCUT2D eigenvalue weighted by Gasteiger charge is 2.35. The Morgan fingerprint density at radius 2 is 2.12 bits per heavy atom. The number of nitrogens with zero attached hydrogens (tertiary/aromatic N) is 1. The highest BCUT2D eigenvalue weighted by molar-refractivity contribution is 6.52. The van der Waals surface area contributed by atoms with Gasteiger partial charge in [0.25, 0.3) is 11.7 Å². The smallest absolute Gasteiger partial charge is 0.299 e. The fourth-order valence-corrected chi connectivity index (χ4v) is 1.95. The van der Waals surface area contributed by atoms with Crippen LogP contribution >= 0.6 is 11.6 Å². The van der Waals surface area contributed by atoms with Gasteiger partial charge in [-0.3, -0.25) is 9.59 Å². The molecule has 17 heavy (non-hydrogen) atoms. The van der Waals surface area contributed by atoms with Crippen LogP contribution in [0.2, 0.25) is 5.02 Å².